The molecule has 25 heavy (non-hydrogen) atoms. The Morgan fingerprint density at radius 1 is 0.960 bits per heavy atom. The van der Waals surface area contributed by atoms with Crippen LogP contribution in [0, 0.1) is 0 Å². The minimum atomic E-state index is -0.220. The van der Waals surface area contributed by atoms with Crippen LogP contribution < -0.4 is 16.0 Å². The summed E-state index contributed by atoms with van der Waals surface area (Å²) in [6.07, 6.45) is 1.46. The number of carbonyl (C=O) groups is 2. The third-order valence-electron chi connectivity index (χ3n) is 3.43. The SMILES string of the molecule is CC(=O)Nc1cccc(NC(=O)CNc2ncnc3ccccc23)c1. The maximum Gasteiger partial charge on any atom is 0.243 e. The fourth-order valence-electron chi connectivity index (χ4n) is 2.39. The van der Waals surface area contributed by atoms with Gasteiger partial charge in [-0.25, -0.2) is 9.97 Å². The van der Waals surface area contributed by atoms with Crippen LogP contribution in [0.25, 0.3) is 10.9 Å². The predicted octanol–water partition coefficient (Wildman–Crippen LogP) is 2.64. The summed E-state index contributed by atoms with van der Waals surface area (Å²) in [4.78, 5) is 31.6. The number of nitrogens with zero attached hydrogens (tertiary/aromatic N) is 2. The first kappa shape index (κ1) is 16.4. The molecule has 3 rings (SSSR count). The lowest BCUT2D eigenvalue weighted by Gasteiger charge is -2.10. The Morgan fingerprint density at radius 2 is 1.72 bits per heavy atom. The highest BCUT2D eigenvalue weighted by Gasteiger charge is 2.07. The smallest absolute Gasteiger partial charge is 0.243 e. The van der Waals surface area contributed by atoms with Crippen LogP contribution in [0.1, 0.15) is 6.92 Å². The molecule has 0 atom stereocenters. The Hall–Kier alpha value is -3.48. The Labute approximate surface area is 144 Å². The van der Waals surface area contributed by atoms with Crippen LogP contribution in [0.2, 0.25) is 0 Å². The second-order valence-corrected chi connectivity index (χ2v) is 5.40. The summed E-state index contributed by atoms with van der Waals surface area (Å²) >= 11 is 0. The molecule has 0 aliphatic heterocycles. The van der Waals surface area contributed by atoms with Crippen LogP contribution in [0.15, 0.2) is 54.9 Å². The van der Waals surface area contributed by atoms with E-state index in [9.17, 15) is 9.59 Å². The van der Waals surface area contributed by atoms with Gasteiger partial charge in [-0.2, -0.15) is 0 Å². The topological polar surface area (TPSA) is 96.0 Å². The Morgan fingerprint density at radius 3 is 2.52 bits per heavy atom. The molecular formula is C18H17N5O2. The van der Waals surface area contributed by atoms with E-state index in [-0.39, 0.29) is 18.4 Å². The first-order chi connectivity index (χ1) is 12.1. The molecule has 0 fully saturated rings. The van der Waals surface area contributed by atoms with Gasteiger partial charge in [-0.15, -0.1) is 0 Å². The Kier molecular flexibility index (Phi) is 4.84. The van der Waals surface area contributed by atoms with Crippen LogP contribution in [0.3, 0.4) is 0 Å². The van der Waals surface area contributed by atoms with Crippen LogP contribution in [0.5, 0.6) is 0 Å². The summed E-state index contributed by atoms with van der Waals surface area (Å²) in [6, 6.07) is 14.5. The number of nitrogens with one attached hydrogen (secondary N) is 3. The average molecular weight is 335 g/mol. The normalized spacial score (nSPS) is 10.3. The van der Waals surface area contributed by atoms with E-state index in [4.69, 9.17) is 0 Å². The molecule has 7 nitrogen and oxygen atoms in total. The van der Waals surface area contributed by atoms with Crippen LogP contribution in [-0.4, -0.2) is 28.3 Å². The number of rotatable bonds is 5. The maximum absolute atomic E-state index is 12.2. The molecule has 0 spiro atoms. The fourth-order valence-corrected chi connectivity index (χ4v) is 2.39. The number of fused-ring (bicyclic) bond motifs is 1. The molecule has 0 bridgehead atoms. The van der Waals surface area contributed by atoms with E-state index in [0.29, 0.717) is 17.2 Å². The molecule has 0 unspecified atom stereocenters. The lowest BCUT2D eigenvalue weighted by Crippen LogP contribution is -2.22. The van der Waals surface area contributed by atoms with Gasteiger partial charge in [0.05, 0.1) is 12.1 Å². The molecule has 3 N–H and O–H groups in total. The predicted molar refractivity (Wildman–Crippen MR) is 97.4 cm³/mol. The van der Waals surface area contributed by atoms with Crippen molar-refractivity contribution in [2.75, 3.05) is 22.5 Å². The lowest BCUT2D eigenvalue weighted by molar-refractivity contribution is -0.115. The molecule has 3 aromatic rings. The van der Waals surface area contributed by atoms with Gasteiger partial charge in [-0.05, 0) is 30.3 Å². The first-order valence-electron chi connectivity index (χ1n) is 7.73. The van der Waals surface area contributed by atoms with Crippen LogP contribution >= 0.6 is 0 Å². The fraction of sp³-hybridized carbons (Fsp3) is 0.111. The van der Waals surface area contributed by atoms with Crippen LogP contribution in [0.4, 0.5) is 17.2 Å². The number of aromatic nitrogens is 2. The second kappa shape index (κ2) is 7.39. The quantitative estimate of drug-likeness (QED) is 0.666. The molecule has 0 aliphatic carbocycles. The molecule has 0 radical (unpaired) electrons. The highest BCUT2D eigenvalue weighted by Crippen LogP contribution is 2.18. The zero-order valence-corrected chi connectivity index (χ0v) is 13.6. The lowest BCUT2D eigenvalue weighted by atomic mass is 10.2. The van der Waals surface area contributed by atoms with Crippen LogP contribution in [-0.2, 0) is 9.59 Å². The second-order valence-electron chi connectivity index (χ2n) is 5.40. The largest absolute Gasteiger partial charge is 0.360 e. The van der Waals surface area contributed by atoms with Crippen molar-refractivity contribution >= 4 is 39.9 Å². The molecule has 1 aromatic heterocycles. The summed E-state index contributed by atoms with van der Waals surface area (Å²) in [5.41, 5.74) is 2.04. The van der Waals surface area contributed by atoms with E-state index in [1.807, 2.05) is 24.3 Å². The molecule has 0 aliphatic rings. The van der Waals surface area contributed by atoms with Gasteiger partial charge in [-0.1, -0.05) is 18.2 Å². The van der Waals surface area contributed by atoms with E-state index in [2.05, 4.69) is 25.9 Å². The zero-order chi connectivity index (χ0) is 17.6. The summed E-state index contributed by atoms with van der Waals surface area (Å²) < 4.78 is 0. The third-order valence-corrected chi connectivity index (χ3v) is 3.43. The van der Waals surface area contributed by atoms with E-state index in [1.54, 1.807) is 24.3 Å². The van der Waals surface area contributed by atoms with E-state index < -0.39 is 0 Å². The molecule has 2 amide bonds. The summed E-state index contributed by atoms with van der Waals surface area (Å²) in [6.45, 7) is 1.49. The maximum atomic E-state index is 12.2. The van der Waals surface area contributed by atoms with Gasteiger partial charge < -0.3 is 16.0 Å². The van der Waals surface area contributed by atoms with Crippen molar-refractivity contribution < 1.29 is 9.59 Å². The summed E-state index contributed by atoms with van der Waals surface area (Å²) in [5, 5.41) is 9.33. The number of anilines is 3. The number of para-hydroxylation sites is 1. The van der Waals surface area contributed by atoms with E-state index >= 15 is 0 Å². The van der Waals surface area contributed by atoms with Crippen molar-refractivity contribution in [3.63, 3.8) is 0 Å². The van der Waals surface area contributed by atoms with Crippen molar-refractivity contribution in [1.29, 1.82) is 0 Å². The summed E-state index contributed by atoms with van der Waals surface area (Å²) in [5.74, 6) is 0.219. The standard InChI is InChI=1S/C18H17N5O2/c1-12(24)22-13-5-4-6-14(9-13)23-17(25)10-19-18-15-7-2-3-8-16(15)20-11-21-18/h2-9,11H,10H2,1H3,(H,22,24)(H,23,25)(H,19,20,21). The number of amides is 2. The Bertz CT molecular complexity index is 921. The molecule has 0 saturated carbocycles. The molecule has 2 aromatic carbocycles. The minimum absolute atomic E-state index is 0.0609. The third kappa shape index (κ3) is 4.29. The van der Waals surface area contributed by atoms with Gasteiger partial charge in [0.15, 0.2) is 0 Å². The van der Waals surface area contributed by atoms with E-state index in [0.717, 1.165) is 10.9 Å². The van der Waals surface area contributed by atoms with E-state index in [1.165, 1.54) is 13.3 Å². The number of hydrogen-bond acceptors (Lipinski definition) is 5. The highest BCUT2D eigenvalue weighted by molar-refractivity contribution is 5.96. The zero-order valence-electron chi connectivity index (χ0n) is 13.6. The van der Waals surface area contributed by atoms with Crippen molar-refractivity contribution in [1.82, 2.24) is 9.97 Å². The number of benzene rings is 2. The van der Waals surface area contributed by atoms with Gasteiger partial charge in [0.1, 0.15) is 12.1 Å². The highest BCUT2D eigenvalue weighted by atomic mass is 16.2. The number of hydrogen-bond donors (Lipinski definition) is 3. The van der Waals surface area contributed by atoms with Gasteiger partial charge in [-0.3, -0.25) is 9.59 Å². The molecular weight excluding hydrogens is 318 g/mol. The van der Waals surface area contributed by atoms with Gasteiger partial charge in [0.25, 0.3) is 0 Å². The van der Waals surface area contributed by atoms with Crippen molar-refractivity contribution in [3.05, 3.63) is 54.9 Å². The number of carbonyl (C=O) groups excluding carboxylic acids is 2. The first-order valence-corrected chi connectivity index (χ1v) is 7.73. The summed E-state index contributed by atoms with van der Waals surface area (Å²) in [7, 11) is 0. The van der Waals surface area contributed by atoms with Gasteiger partial charge >= 0.3 is 0 Å². The van der Waals surface area contributed by atoms with Gasteiger partial charge in [0.2, 0.25) is 11.8 Å². The van der Waals surface area contributed by atoms with Crippen molar-refractivity contribution in [2.45, 2.75) is 6.92 Å². The van der Waals surface area contributed by atoms with Crippen molar-refractivity contribution in [2.24, 2.45) is 0 Å². The average Bonchev–Trinajstić information content (AvgIpc) is 2.59. The molecule has 7 heteroatoms. The minimum Gasteiger partial charge on any atom is -0.360 e. The Balaban J connectivity index is 1.64. The molecule has 0 saturated heterocycles. The molecule has 126 valence electrons. The monoisotopic (exact) mass is 335 g/mol. The molecule has 1 heterocycles. The van der Waals surface area contributed by atoms with Crippen molar-refractivity contribution in [3.8, 4) is 0 Å². The van der Waals surface area contributed by atoms with Gasteiger partial charge in [0, 0.05) is 23.7 Å².